The first kappa shape index (κ1) is 10.7. The number of carbonyl (C=O) groups is 1. The summed E-state index contributed by atoms with van der Waals surface area (Å²) in [6.07, 6.45) is 0.308. The molecule has 14 heavy (non-hydrogen) atoms. The maximum atomic E-state index is 13.6. The van der Waals surface area contributed by atoms with E-state index in [1.807, 2.05) is 0 Å². The second kappa shape index (κ2) is 4.22. The van der Waals surface area contributed by atoms with Crippen molar-refractivity contribution in [2.75, 3.05) is 7.11 Å². The van der Waals surface area contributed by atoms with Crippen molar-refractivity contribution >= 4 is 5.78 Å². The van der Waals surface area contributed by atoms with Crippen LogP contribution in [-0.2, 0) is 0 Å². The second-order valence-corrected chi connectivity index (χ2v) is 3.03. The molecule has 0 aliphatic heterocycles. The number of benzene rings is 1. The zero-order chi connectivity index (χ0) is 10.7. The molecule has 0 aliphatic rings. The Hall–Kier alpha value is -1.38. The predicted octanol–water partition coefficient (Wildman–Crippen LogP) is 2.74. The molecule has 0 N–H and O–H groups in total. The van der Waals surface area contributed by atoms with Crippen molar-refractivity contribution in [3.63, 3.8) is 0 Å². The van der Waals surface area contributed by atoms with E-state index in [-0.39, 0.29) is 11.3 Å². The monoisotopic (exact) mass is 196 g/mol. The topological polar surface area (TPSA) is 26.3 Å². The smallest absolute Gasteiger partial charge is 0.165 e. The van der Waals surface area contributed by atoms with E-state index >= 15 is 0 Å². The van der Waals surface area contributed by atoms with E-state index in [4.69, 9.17) is 4.74 Å². The Balaban J connectivity index is 3.24. The molecule has 0 heterocycles. The van der Waals surface area contributed by atoms with Crippen molar-refractivity contribution in [1.29, 1.82) is 0 Å². The van der Waals surface area contributed by atoms with Crippen LogP contribution in [0.3, 0.4) is 0 Å². The molecule has 0 saturated heterocycles. The lowest BCUT2D eigenvalue weighted by molar-refractivity contribution is 0.0984. The van der Waals surface area contributed by atoms with Crippen LogP contribution in [0.2, 0.25) is 0 Å². The van der Waals surface area contributed by atoms with Crippen molar-refractivity contribution in [3.05, 3.63) is 29.1 Å². The fourth-order valence-electron chi connectivity index (χ4n) is 1.29. The van der Waals surface area contributed by atoms with E-state index in [2.05, 4.69) is 0 Å². The largest absolute Gasteiger partial charge is 0.496 e. The van der Waals surface area contributed by atoms with Gasteiger partial charge in [0.05, 0.1) is 12.7 Å². The van der Waals surface area contributed by atoms with Gasteiger partial charge in [-0.25, -0.2) is 4.39 Å². The molecule has 1 aromatic carbocycles. The highest BCUT2D eigenvalue weighted by atomic mass is 19.1. The zero-order valence-electron chi connectivity index (χ0n) is 8.56. The van der Waals surface area contributed by atoms with Gasteiger partial charge in [0.25, 0.3) is 0 Å². The summed E-state index contributed by atoms with van der Waals surface area (Å²) in [7, 11) is 1.48. The quantitative estimate of drug-likeness (QED) is 0.695. The van der Waals surface area contributed by atoms with Crippen LogP contribution >= 0.6 is 0 Å². The average molecular weight is 196 g/mol. The molecule has 0 unspecified atom stereocenters. The van der Waals surface area contributed by atoms with Gasteiger partial charge in [-0.1, -0.05) is 6.92 Å². The van der Waals surface area contributed by atoms with Gasteiger partial charge in [-0.05, 0) is 19.1 Å². The van der Waals surface area contributed by atoms with Crippen LogP contribution in [0.5, 0.6) is 5.75 Å². The maximum absolute atomic E-state index is 13.6. The van der Waals surface area contributed by atoms with Crippen LogP contribution in [0.15, 0.2) is 12.1 Å². The summed E-state index contributed by atoms with van der Waals surface area (Å²) >= 11 is 0. The minimum Gasteiger partial charge on any atom is -0.496 e. The van der Waals surface area contributed by atoms with E-state index < -0.39 is 5.82 Å². The Labute approximate surface area is 82.7 Å². The highest BCUT2D eigenvalue weighted by Gasteiger charge is 2.14. The van der Waals surface area contributed by atoms with E-state index in [9.17, 15) is 9.18 Å². The molecule has 0 saturated carbocycles. The maximum Gasteiger partial charge on any atom is 0.165 e. The van der Waals surface area contributed by atoms with Crippen LogP contribution in [0.4, 0.5) is 4.39 Å². The van der Waals surface area contributed by atoms with Crippen LogP contribution in [0.25, 0.3) is 0 Å². The van der Waals surface area contributed by atoms with Gasteiger partial charge in [0.15, 0.2) is 5.78 Å². The lowest BCUT2D eigenvalue weighted by Gasteiger charge is -2.08. The Kier molecular flexibility index (Phi) is 3.23. The third-order valence-corrected chi connectivity index (χ3v) is 2.18. The number of ketones is 1. The van der Waals surface area contributed by atoms with Gasteiger partial charge in [0, 0.05) is 12.0 Å². The summed E-state index contributed by atoms with van der Waals surface area (Å²) in [5, 5.41) is 0. The molecule has 0 aromatic heterocycles. The SMILES string of the molecule is CCC(=O)c1ccc(OC)c(C)c1F. The summed E-state index contributed by atoms with van der Waals surface area (Å²) in [6.45, 7) is 3.31. The van der Waals surface area contributed by atoms with Crippen LogP contribution in [-0.4, -0.2) is 12.9 Å². The normalized spacial score (nSPS) is 10.0. The Morgan fingerprint density at radius 3 is 2.64 bits per heavy atom. The number of rotatable bonds is 3. The average Bonchev–Trinajstić information content (AvgIpc) is 2.21. The minimum absolute atomic E-state index is 0.144. The molecule has 76 valence electrons. The number of hydrogen-bond acceptors (Lipinski definition) is 2. The Bertz CT molecular complexity index is 359. The van der Waals surface area contributed by atoms with Gasteiger partial charge in [0.1, 0.15) is 11.6 Å². The molecular weight excluding hydrogens is 183 g/mol. The van der Waals surface area contributed by atoms with E-state index in [1.165, 1.54) is 13.2 Å². The van der Waals surface area contributed by atoms with Gasteiger partial charge in [-0.2, -0.15) is 0 Å². The molecule has 1 aromatic rings. The molecule has 0 spiro atoms. The van der Waals surface area contributed by atoms with Crippen LogP contribution in [0, 0.1) is 12.7 Å². The lowest BCUT2D eigenvalue weighted by Crippen LogP contribution is -2.03. The molecule has 3 heteroatoms. The van der Waals surface area contributed by atoms with Crippen molar-refractivity contribution in [1.82, 2.24) is 0 Å². The fourth-order valence-corrected chi connectivity index (χ4v) is 1.29. The van der Waals surface area contributed by atoms with Gasteiger partial charge in [-0.3, -0.25) is 4.79 Å². The van der Waals surface area contributed by atoms with E-state index in [0.29, 0.717) is 17.7 Å². The van der Waals surface area contributed by atoms with Crippen LogP contribution in [0.1, 0.15) is 29.3 Å². The summed E-state index contributed by atoms with van der Waals surface area (Å²) in [6, 6.07) is 3.08. The van der Waals surface area contributed by atoms with Gasteiger partial charge < -0.3 is 4.74 Å². The molecule has 0 aliphatic carbocycles. The first-order valence-electron chi connectivity index (χ1n) is 4.48. The third kappa shape index (κ3) is 1.76. The molecular formula is C11H13FO2. The number of Topliss-reactive ketones (excluding diaryl/α,β-unsaturated/α-hetero) is 1. The standard InChI is InChI=1S/C11H13FO2/c1-4-9(13)8-5-6-10(14-3)7(2)11(8)12/h5-6H,4H2,1-3H3. The summed E-state index contributed by atoms with van der Waals surface area (Å²) in [4.78, 5) is 11.3. The summed E-state index contributed by atoms with van der Waals surface area (Å²) < 4.78 is 18.5. The molecule has 0 atom stereocenters. The second-order valence-electron chi connectivity index (χ2n) is 3.03. The van der Waals surface area contributed by atoms with E-state index in [1.54, 1.807) is 19.9 Å². The number of hydrogen-bond donors (Lipinski definition) is 0. The number of methoxy groups -OCH3 is 1. The molecule has 0 amide bonds. The predicted molar refractivity (Wildman–Crippen MR) is 52.3 cm³/mol. The fraction of sp³-hybridized carbons (Fsp3) is 0.364. The molecule has 1 rings (SSSR count). The van der Waals surface area contributed by atoms with Gasteiger partial charge in [-0.15, -0.1) is 0 Å². The molecule has 0 radical (unpaired) electrons. The zero-order valence-corrected chi connectivity index (χ0v) is 8.56. The number of ether oxygens (including phenoxy) is 1. The highest BCUT2D eigenvalue weighted by Crippen LogP contribution is 2.23. The lowest BCUT2D eigenvalue weighted by atomic mass is 10.0. The molecule has 2 nitrogen and oxygen atoms in total. The first-order valence-corrected chi connectivity index (χ1v) is 4.48. The molecule has 0 fully saturated rings. The Morgan fingerprint density at radius 2 is 2.14 bits per heavy atom. The summed E-state index contributed by atoms with van der Waals surface area (Å²) in [5.74, 6) is -0.195. The number of carbonyl (C=O) groups excluding carboxylic acids is 1. The van der Waals surface area contributed by atoms with Gasteiger partial charge in [0.2, 0.25) is 0 Å². The highest BCUT2D eigenvalue weighted by molar-refractivity contribution is 5.96. The van der Waals surface area contributed by atoms with Crippen molar-refractivity contribution < 1.29 is 13.9 Å². The van der Waals surface area contributed by atoms with Gasteiger partial charge >= 0.3 is 0 Å². The van der Waals surface area contributed by atoms with Crippen molar-refractivity contribution in [2.24, 2.45) is 0 Å². The number of halogens is 1. The Morgan fingerprint density at radius 1 is 1.50 bits per heavy atom. The first-order chi connectivity index (χ1) is 6.61. The van der Waals surface area contributed by atoms with E-state index in [0.717, 1.165) is 0 Å². The summed E-state index contributed by atoms with van der Waals surface area (Å²) in [5.41, 5.74) is 0.526. The minimum atomic E-state index is -0.476. The third-order valence-electron chi connectivity index (χ3n) is 2.18. The van der Waals surface area contributed by atoms with Crippen molar-refractivity contribution in [3.8, 4) is 5.75 Å². The van der Waals surface area contributed by atoms with Crippen molar-refractivity contribution in [2.45, 2.75) is 20.3 Å². The molecule has 0 bridgehead atoms. The van der Waals surface area contributed by atoms with Crippen LogP contribution < -0.4 is 4.74 Å².